The van der Waals surface area contributed by atoms with Gasteiger partial charge in [0, 0.05) is 17.2 Å². The van der Waals surface area contributed by atoms with Crippen molar-refractivity contribution in [2.75, 3.05) is 17.2 Å². The first kappa shape index (κ1) is 14.4. The van der Waals surface area contributed by atoms with E-state index in [9.17, 15) is 4.79 Å². The molecule has 6 nitrogen and oxygen atoms in total. The van der Waals surface area contributed by atoms with Crippen LogP contribution in [0, 0.1) is 6.92 Å². The Morgan fingerprint density at radius 2 is 2.10 bits per heavy atom. The van der Waals surface area contributed by atoms with Gasteiger partial charge >= 0.3 is 0 Å². The lowest BCUT2D eigenvalue weighted by Gasteiger charge is -2.07. The van der Waals surface area contributed by atoms with Gasteiger partial charge in [0.15, 0.2) is 0 Å². The number of hydrogen-bond donors (Lipinski definition) is 2. The Morgan fingerprint density at radius 1 is 1.30 bits per heavy atom. The van der Waals surface area contributed by atoms with Crippen molar-refractivity contribution in [1.29, 1.82) is 0 Å². The van der Waals surface area contributed by atoms with Crippen LogP contribution in [0.25, 0.3) is 0 Å². The molecular weight excluding hydrogens is 322 g/mol. The molecule has 1 amide bonds. The Balaban J connectivity index is 2.15. The summed E-state index contributed by atoms with van der Waals surface area (Å²) in [5.41, 5.74) is 1.23. The molecule has 0 saturated carbocycles. The number of carbonyl (C=O) groups excluding carboxylic acids is 1. The van der Waals surface area contributed by atoms with E-state index in [1.54, 1.807) is 18.5 Å². The van der Waals surface area contributed by atoms with Crippen LogP contribution in [0.1, 0.15) is 23.0 Å². The number of hydrogen-bond acceptors (Lipinski definition) is 5. The summed E-state index contributed by atoms with van der Waals surface area (Å²) in [4.78, 5) is 24.4. The molecule has 2 heterocycles. The van der Waals surface area contributed by atoms with Gasteiger partial charge in [-0.1, -0.05) is 0 Å². The number of anilines is 2. The van der Waals surface area contributed by atoms with Crippen LogP contribution >= 0.6 is 15.9 Å². The molecule has 2 rings (SSSR count). The lowest BCUT2D eigenvalue weighted by molar-refractivity contribution is 0.102. The fourth-order valence-corrected chi connectivity index (χ4v) is 1.75. The maximum absolute atomic E-state index is 12.1. The van der Waals surface area contributed by atoms with Crippen molar-refractivity contribution in [2.45, 2.75) is 13.8 Å². The topological polar surface area (TPSA) is 79.8 Å². The van der Waals surface area contributed by atoms with E-state index in [0.717, 1.165) is 10.0 Å². The first-order chi connectivity index (χ1) is 9.60. The van der Waals surface area contributed by atoms with E-state index in [2.05, 4.69) is 41.5 Å². The zero-order valence-electron chi connectivity index (χ0n) is 11.1. The van der Waals surface area contributed by atoms with Crippen LogP contribution in [0.2, 0.25) is 0 Å². The summed E-state index contributed by atoms with van der Waals surface area (Å²) in [6.07, 6.45) is 4.63. The highest BCUT2D eigenvalue weighted by Gasteiger charge is 2.10. The highest BCUT2D eigenvalue weighted by molar-refractivity contribution is 9.10. The maximum Gasteiger partial charge on any atom is 0.277 e. The second-order valence-corrected chi connectivity index (χ2v) is 4.95. The van der Waals surface area contributed by atoms with Crippen LogP contribution in [0.3, 0.4) is 0 Å². The number of pyridine rings is 1. The van der Waals surface area contributed by atoms with E-state index in [1.165, 1.54) is 6.20 Å². The number of nitrogens with zero attached hydrogens (tertiary/aromatic N) is 3. The van der Waals surface area contributed by atoms with Gasteiger partial charge in [0.1, 0.15) is 17.3 Å². The summed E-state index contributed by atoms with van der Waals surface area (Å²) in [6, 6.07) is 1.78. The quantitative estimate of drug-likeness (QED) is 0.897. The first-order valence-electron chi connectivity index (χ1n) is 6.09. The molecule has 0 aliphatic rings. The second kappa shape index (κ2) is 6.42. The summed E-state index contributed by atoms with van der Waals surface area (Å²) < 4.78 is 0.893. The van der Waals surface area contributed by atoms with Gasteiger partial charge in [0.25, 0.3) is 5.91 Å². The van der Waals surface area contributed by atoms with Crippen molar-refractivity contribution in [1.82, 2.24) is 15.0 Å². The number of carbonyl (C=O) groups is 1. The monoisotopic (exact) mass is 335 g/mol. The normalized spacial score (nSPS) is 10.2. The zero-order chi connectivity index (χ0) is 14.5. The minimum atomic E-state index is -0.341. The Kier molecular flexibility index (Phi) is 4.62. The zero-order valence-corrected chi connectivity index (χ0v) is 12.7. The van der Waals surface area contributed by atoms with Crippen molar-refractivity contribution in [3.8, 4) is 0 Å². The molecule has 0 fully saturated rings. The Hall–Kier alpha value is -2.02. The summed E-state index contributed by atoms with van der Waals surface area (Å²) in [6.45, 7) is 4.59. The SMILES string of the molecule is CCNc1cncc(C(=O)Nc2cc(C)c(Br)cn2)n1. The number of halogens is 1. The Labute approximate surface area is 125 Å². The minimum absolute atomic E-state index is 0.242. The van der Waals surface area contributed by atoms with E-state index in [0.29, 0.717) is 18.2 Å². The molecule has 0 spiro atoms. The summed E-state index contributed by atoms with van der Waals surface area (Å²) >= 11 is 3.36. The lowest BCUT2D eigenvalue weighted by atomic mass is 10.3. The molecule has 104 valence electrons. The van der Waals surface area contributed by atoms with E-state index in [-0.39, 0.29) is 11.6 Å². The summed E-state index contributed by atoms with van der Waals surface area (Å²) in [5.74, 6) is 0.706. The molecule has 0 atom stereocenters. The van der Waals surface area contributed by atoms with Gasteiger partial charge in [-0.25, -0.2) is 9.97 Å². The number of amides is 1. The highest BCUT2D eigenvalue weighted by atomic mass is 79.9. The summed E-state index contributed by atoms with van der Waals surface area (Å²) in [7, 11) is 0. The lowest BCUT2D eigenvalue weighted by Crippen LogP contribution is -2.16. The van der Waals surface area contributed by atoms with Crippen molar-refractivity contribution in [2.24, 2.45) is 0 Å². The third kappa shape index (κ3) is 3.51. The Morgan fingerprint density at radius 3 is 2.80 bits per heavy atom. The molecule has 0 bridgehead atoms. The predicted octanol–water partition coefficient (Wildman–Crippen LogP) is 2.63. The molecular formula is C13H14BrN5O. The van der Waals surface area contributed by atoms with Gasteiger partial charge < -0.3 is 10.6 Å². The van der Waals surface area contributed by atoms with Crippen LogP contribution in [-0.2, 0) is 0 Å². The van der Waals surface area contributed by atoms with Gasteiger partial charge in [-0.3, -0.25) is 9.78 Å². The highest BCUT2D eigenvalue weighted by Crippen LogP contribution is 2.17. The van der Waals surface area contributed by atoms with E-state index >= 15 is 0 Å². The molecule has 0 aliphatic heterocycles. The molecule has 0 radical (unpaired) electrons. The molecule has 0 aromatic carbocycles. The van der Waals surface area contributed by atoms with Gasteiger partial charge in [0.2, 0.25) is 0 Å². The van der Waals surface area contributed by atoms with Crippen LogP contribution in [0.5, 0.6) is 0 Å². The van der Waals surface area contributed by atoms with Crippen LogP contribution in [0.15, 0.2) is 29.1 Å². The smallest absolute Gasteiger partial charge is 0.277 e. The fraction of sp³-hybridized carbons (Fsp3) is 0.231. The van der Waals surface area contributed by atoms with Gasteiger partial charge in [-0.05, 0) is 41.4 Å². The van der Waals surface area contributed by atoms with E-state index in [4.69, 9.17) is 0 Å². The van der Waals surface area contributed by atoms with Crippen LogP contribution in [0.4, 0.5) is 11.6 Å². The fourth-order valence-electron chi connectivity index (χ4n) is 1.53. The number of aryl methyl sites for hydroxylation is 1. The molecule has 0 saturated heterocycles. The van der Waals surface area contributed by atoms with Gasteiger partial charge in [-0.2, -0.15) is 0 Å². The molecule has 20 heavy (non-hydrogen) atoms. The number of aromatic nitrogens is 3. The van der Waals surface area contributed by atoms with Crippen LogP contribution < -0.4 is 10.6 Å². The predicted molar refractivity (Wildman–Crippen MR) is 80.8 cm³/mol. The van der Waals surface area contributed by atoms with Gasteiger partial charge in [-0.15, -0.1) is 0 Å². The minimum Gasteiger partial charge on any atom is -0.369 e. The molecule has 2 aromatic heterocycles. The van der Waals surface area contributed by atoms with Crippen LogP contribution in [-0.4, -0.2) is 27.4 Å². The molecule has 7 heteroatoms. The molecule has 0 aliphatic carbocycles. The standard InChI is InChI=1S/C13H14BrN5O/c1-3-16-12-7-15-6-10(18-12)13(20)19-11-4-8(2)9(14)5-17-11/h4-7H,3H2,1-2H3,(H,16,18)(H,17,19,20). The third-order valence-corrected chi connectivity index (χ3v) is 3.34. The number of rotatable bonds is 4. The van der Waals surface area contributed by atoms with Crippen molar-refractivity contribution in [3.63, 3.8) is 0 Å². The average Bonchev–Trinajstić information content (AvgIpc) is 2.43. The number of nitrogens with one attached hydrogen (secondary N) is 2. The van der Waals surface area contributed by atoms with Crippen molar-refractivity contribution < 1.29 is 4.79 Å². The average molecular weight is 336 g/mol. The van der Waals surface area contributed by atoms with E-state index < -0.39 is 0 Å². The Bertz CT molecular complexity index is 632. The molecule has 0 unspecified atom stereocenters. The second-order valence-electron chi connectivity index (χ2n) is 4.09. The van der Waals surface area contributed by atoms with Crippen molar-refractivity contribution >= 4 is 33.5 Å². The first-order valence-corrected chi connectivity index (χ1v) is 6.89. The molecule has 2 N–H and O–H groups in total. The maximum atomic E-state index is 12.1. The molecule has 2 aromatic rings. The van der Waals surface area contributed by atoms with Crippen molar-refractivity contribution in [3.05, 3.63) is 40.4 Å². The van der Waals surface area contributed by atoms with E-state index in [1.807, 2.05) is 13.8 Å². The van der Waals surface area contributed by atoms with Gasteiger partial charge in [0.05, 0.1) is 12.4 Å². The largest absolute Gasteiger partial charge is 0.369 e. The summed E-state index contributed by atoms with van der Waals surface area (Å²) in [5, 5.41) is 5.70. The third-order valence-electron chi connectivity index (χ3n) is 2.51.